The second kappa shape index (κ2) is 7.56. The van der Waals surface area contributed by atoms with Crippen molar-refractivity contribution in [2.75, 3.05) is 7.11 Å². The predicted molar refractivity (Wildman–Crippen MR) is 107 cm³/mol. The van der Waals surface area contributed by atoms with E-state index >= 15 is 0 Å². The molecule has 0 saturated heterocycles. The summed E-state index contributed by atoms with van der Waals surface area (Å²) in [7, 11) is 1.63. The molecule has 0 aliphatic rings. The Morgan fingerprint density at radius 2 is 2.07 bits per heavy atom. The maximum Gasteiger partial charge on any atom is 0.350 e. The number of ether oxygens (including phenoxy) is 1. The van der Waals surface area contributed by atoms with Crippen LogP contribution in [0.25, 0.3) is 16.8 Å². The molecule has 0 spiro atoms. The van der Waals surface area contributed by atoms with Gasteiger partial charge in [-0.25, -0.2) is 4.79 Å². The fourth-order valence-corrected chi connectivity index (χ4v) is 3.27. The molecule has 1 N–H and O–H groups in total. The van der Waals surface area contributed by atoms with Crippen LogP contribution in [-0.4, -0.2) is 31.7 Å². The van der Waals surface area contributed by atoms with Gasteiger partial charge in [0.15, 0.2) is 0 Å². The van der Waals surface area contributed by atoms with Crippen molar-refractivity contribution in [2.24, 2.45) is 0 Å². The maximum atomic E-state index is 12.9. The van der Waals surface area contributed by atoms with Crippen molar-refractivity contribution in [1.82, 2.24) is 24.5 Å². The van der Waals surface area contributed by atoms with E-state index in [-0.39, 0.29) is 5.69 Å². The summed E-state index contributed by atoms with van der Waals surface area (Å²) in [5.41, 5.74) is 4.81. The van der Waals surface area contributed by atoms with Crippen molar-refractivity contribution in [3.63, 3.8) is 0 Å². The lowest BCUT2D eigenvalue weighted by molar-refractivity contribution is 0.414. The third-order valence-electron chi connectivity index (χ3n) is 4.74. The van der Waals surface area contributed by atoms with Gasteiger partial charge >= 0.3 is 5.69 Å². The number of aryl methyl sites for hydroxylation is 1. The van der Waals surface area contributed by atoms with Gasteiger partial charge in [-0.3, -0.25) is 9.67 Å². The molecule has 7 nitrogen and oxygen atoms in total. The van der Waals surface area contributed by atoms with Gasteiger partial charge in [-0.2, -0.15) is 14.9 Å². The minimum Gasteiger partial charge on any atom is -0.497 e. The van der Waals surface area contributed by atoms with Gasteiger partial charge in [-0.15, -0.1) is 0 Å². The van der Waals surface area contributed by atoms with Crippen molar-refractivity contribution >= 4 is 0 Å². The third kappa shape index (κ3) is 3.34. The summed E-state index contributed by atoms with van der Waals surface area (Å²) < 4.78 is 8.27. The standard InChI is InChI=1S/C21H21N5O2/c1-3-16-10-18(7-8-20(16)17-11-22-23-12-17)26-21(27)25(14-24-26)13-15-5-4-6-19(9-15)28-2/h4-12,14H,3,13H2,1-2H3,(H,22,23). The fraction of sp³-hybridized carbons (Fsp3) is 0.190. The van der Waals surface area contributed by atoms with Gasteiger partial charge < -0.3 is 4.74 Å². The van der Waals surface area contributed by atoms with Crippen LogP contribution in [0.3, 0.4) is 0 Å². The zero-order valence-electron chi connectivity index (χ0n) is 15.8. The molecule has 2 aromatic carbocycles. The van der Waals surface area contributed by atoms with Crippen molar-refractivity contribution in [3.05, 3.63) is 82.8 Å². The summed E-state index contributed by atoms with van der Waals surface area (Å²) in [5.74, 6) is 0.764. The van der Waals surface area contributed by atoms with Crippen LogP contribution in [0.2, 0.25) is 0 Å². The number of aromatic nitrogens is 5. The number of nitrogens with zero attached hydrogens (tertiary/aromatic N) is 4. The smallest absolute Gasteiger partial charge is 0.350 e. The number of methoxy groups -OCH3 is 1. The highest BCUT2D eigenvalue weighted by molar-refractivity contribution is 5.67. The zero-order chi connectivity index (χ0) is 19.5. The van der Waals surface area contributed by atoms with E-state index in [1.165, 1.54) is 4.68 Å². The van der Waals surface area contributed by atoms with Gasteiger partial charge in [-0.1, -0.05) is 25.1 Å². The van der Waals surface area contributed by atoms with Crippen molar-refractivity contribution in [3.8, 4) is 22.6 Å². The van der Waals surface area contributed by atoms with Crippen LogP contribution in [0.5, 0.6) is 5.75 Å². The molecule has 4 aromatic rings. The number of benzene rings is 2. The topological polar surface area (TPSA) is 77.7 Å². The number of hydrogen-bond acceptors (Lipinski definition) is 4. The Balaban J connectivity index is 1.66. The predicted octanol–water partition coefficient (Wildman–Crippen LogP) is 3.04. The van der Waals surface area contributed by atoms with Crippen molar-refractivity contribution < 1.29 is 4.74 Å². The van der Waals surface area contributed by atoms with E-state index in [9.17, 15) is 4.79 Å². The Morgan fingerprint density at radius 1 is 1.18 bits per heavy atom. The third-order valence-corrected chi connectivity index (χ3v) is 4.74. The van der Waals surface area contributed by atoms with Crippen LogP contribution < -0.4 is 10.4 Å². The van der Waals surface area contributed by atoms with Crippen LogP contribution in [0.15, 0.2) is 66.0 Å². The molecule has 142 valence electrons. The first-order valence-corrected chi connectivity index (χ1v) is 9.09. The summed E-state index contributed by atoms with van der Waals surface area (Å²) >= 11 is 0. The number of H-pyrrole nitrogens is 1. The monoisotopic (exact) mass is 375 g/mol. The second-order valence-corrected chi connectivity index (χ2v) is 6.49. The van der Waals surface area contributed by atoms with Crippen molar-refractivity contribution in [1.29, 1.82) is 0 Å². The van der Waals surface area contributed by atoms with E-state index in [4.69, 9.17) is 4.74 Å². The average molecular weight is 375 g/mol. The Kier molecular flexibility index (Phi) is 4.80. The van der Waals surface area contributed by atoms with Gasteiger partial charge in [0.1, 0.15) is 12.1 Å². The van der Waals surface area contributed by atoms with Crippen LogP contribution >= 0.6 is 0 Å². The molecule has 0 fully saturated rings. The number of aromatic amines is 1. The lowest BCUT2D eigenvalue weighted by Crippen LogP contribution is -2.24. The number of hydrogen-bond donors (Lipinski definition) is 1. The van der Waals surface area contributed by atoms with Gasteiger partial charge in [0.2, 0.25) is 0 Å². The summed E-state index contributed by atoms with van der Waals surface area (Å²) in [4.78, 5) is 12.9. The highest BCUT2D eigenvalue weighted by Crippen LogP contribution is 2.25. The maximum absolute atomic E-state index is 12.9. The van der Waals surface area contributed by atoms with Crippen LogP contribution in [0, 0.1) is 0 Å². The molecule has 0 aliphatic carbocycles. The van der Waals surface area contributed by atoms with E-state index in [1.54, 1.807) is 24.2 Å². The Morgan fingerprint density at radius 3 is 2.82 bits per heavy atom. The molecule has 2 heterocycles. The summed E-state index contributed by atoms with van der Waals surface area (Å²) in [6.07, 6.45) is 6.07. The molecule has 28 heavy (non-hydrogen) atoms. The van der Waals surface area contributed by atoms with E-state index in [0.29, 0.717) is 6.54 Å². The molecule has 0 saturated carbocycles. The SMILES string of the molecule is CCc1cc(-n2ncn(Cc3cccc(OC)c3)c2=O)ccc1-c1cn[nH]c1. The van der Waals surface area contributed by atoms with Crippen molar-refractivity contribution in [2.45, 2.75) is 19.9 Å². The lowest BCUT2D eigenvalue weighted by atomic mass is 10.00. The molecular weight excluding hydrogens is 354 g/mol. The van der Waals surface area contributed by atoms with E-state index in [2.05, 4.69) is 22.2 Å². The molecule has 0 amide bonds. The van der Waals surface area contributed by atoms with Crippen LogP contribution in [0.4, 0.5) is 0 Å². The molecule has 0 radical (unpaired) electrons. The number of rotatable bonds is 6. The minimum absolute atomic E-state index is 0.180. The van der Waals surface area contributed by atoms with Gasteiger partial charge in [0, 0.05) is 11.8 Å². The fourth-order valence-electron chi connectivity index (χ4n) is 3.27. The highest BCUT2D eigenvalue weighted by atomic mass is 16.5. The molecule has 0 atom stereocenters. The minimum atomic E-state index is -0.180. The lowest BCUT2D eigenvalue weighted by Gasteiger charge is -2.09. The molecule has 0 bridgehead atoms. The largest absolute Gasteiger partial charge is 0.497 e. The Hall–Kier alpha value is -3.61. The molecular formula is C21H21N5O2. The van der Waals surface area contributed by atoms with E-state index in [1.807, 2.05) is 48.7 Å². The molecule has 0 aliphatic heterocycles. The zero-order valence-corrected chi connectivity index (χ0v) is 15.8. The first kappa shape index (κ1) is 17.8. The first-order chi connectivity index (χ1) is 13.7. The van der Waals surface area contributed by atoms with Crippen LogP contribution in [-0.2, 0) is 13.0 Å². The normalized spacial score (nSPS) is 10.9. The highest BCUT2D eigenvalue weighted by Gasteiger charge is 2.11. The quantitative estimate of drug-likeness (QED) is 0.562. The molecule has 4 rings (SSSR count). The van der Waals surface area contributed by atoms with E-state index in [0.717, 1.165) is 40.1 Å². The summed E-state index contributed by atoms with van der Waals surface area (Å²) in [6.45, 7) is 2.52. The average Bonchev–Trinajstić information content (AvgIpc) is 3.38. The van der Waals surface area contributed by atoms with E-state index < -0.39 is 0 Å². The number of nitrogens with one attached hydrogen (secondary N) is 1. The molecule has 2 aromatic heterocycles. The molecule has 0 unspecified atom stereocenters. The van der Waals surface area contributed by atoms with Gasteiger partial charge in [0.05, 0.1) is 25.5 Å². The van der Waals surface area contributed by atoms with Gasteiger partial charge in [0.25, 0.3) is 0 Å². The Labute approximate surface area is 162 Å². The van der Waals surface area contributed by atoms with Gasteiger partial charge in [-0.05, 0) is 47.4 Å². The second-order valence-electron chi connectivity index (χ2n) is 6.49. The van der Waals surface area contributed by atoms with Crippen LogP contribution in [0.1, 0.15) is 18.1 Å². The Bertz CT molecular complexity index is 1140. The summed E-state index contributed by atoms with van der Waals surface area (Å²) in [5, 5.41) is 11.2. The first-order valence-electron chi connectivity index (χ1n) is 9.09. The molecule has 7 heteroatoms. The summed E-state index contributed by atoms with van der Waals surface area (Å²) in [6, 6.07) is 13.6.